The van der Waals surface area contributed by atoms with Gasteiger partial charge >= 0.3 is 6.09 Å². The maximum Gasteiger partial charge on any atom is 0.434 e. The van der Waals surface area contributed by atoms with Gasteiger partial charge in [0.05, 0.1) is 6.54 Å². The maximum absolute atomic E-state index is 11.3. The van der Waals surface area contributed by atoms with Gasteiger partial charge in [0, 0.05) is 0 Å². The first-order valence-corrected chi connectivity index (χ1v) is 5.79. The number of carbonyl (C=O) groups excluding carboxylic acids is 1. The van der Waals surface area contributed by atoms with Crippen molar-refractivity contribution in [2.75, 3.05) is 6.54 Å². The molecule has 92 valence electrons. The zero-order chi connectivity index (χ0) is 12.8. The SMILES string of the molecule is C=CSC(=C)CCN(O)C(=O)OC(C)(C)C. The predicted molar refractivity (Wildman–Crippen MR) is 66.3 cm³/mol. The van der Waals surface area contributed by atoms with Crippen LogP contribution in [0.15, 0.2) is 23.5 Å². The zero-order valence-corrected chi connectivity index (χ0v) is 10.8. The van der Waals surface area contributed by atoms with Crippen LogP contribution < -0.4 is 0 Å². The van der Waals surface area contributed by atoms with Crippen molar-refractivity contribution < 1.29 is 14.7 Å². The molecule has 0 atom stereocenters. The Bertz CT molecular complexity index is 271. The lowest BCUT2D eigenvalue weighted by molar-refractivity contribution is -0.0928. The Balaban J connectivity index is 3.97. The Hall–Kier alpha value is -0.940. The lowest BCUT2D eigenvalue weighted by Gasteiger charge is -2.23. The molecule has 16 heavy (non-hydrogen) atoms. The molecule has 0 saturated heterocycles. The molecule has 0 fully saturated rings. The van der Waals surface area contributed by atoms with Crippen molar-refractivity contribution in [2.45, 2.75) is 32.8 Å². The molecule has 0 aromatic carbocycles. The molecule has 0 spiro atoms. The van der Waals surface area contributed by atoms with Gasteiger partial charge in [-0.15, -0.1) is 11.8 Å². The highest BCUT2D eigenvalue weighted by Crippen LogP contribution is 2.18. The van der Waals surface area contributed by atoms with Crippen molar-refractivity contribution in [3.05, 3.63) is 23.5 Å². The Kier molecular flexibility index (Phi) is 6.21. The molecule has 0 unspecified atom stereocenters. The quantitative estimate of drug-likeness (QED) is 0.596. The fourth-order valence-electron chi connectivity index (χ4n) is 0.813. The monoisotopic (exact) mass is 245 g/mol. The van der Waals surface area contributed by atoms with Crippen LogP contribution in [0.3, 0.4) is 0 Å². The van der Waals surface area contributed by atoms with Crippen LogP contribution in [0.4, 0.5) is 4.79 Å². The van der Waals surface area contributed by atoms with Crippen molar-refractivity contribution in [1.29, 1.82) is 0 Å². The highest BCUT2D eigenvalue weighted by atomic mass is 32.2. The summed E-state index contributed by atoms with van der Waals surface area (Å²) in [5.41, 5.74) is -0.606. The molecule has 4 nitrogen and oxygen atoms in total. The second-order valence-electron chi connectivity index (χ2n) is 4.18. The summed E-state index contributed by atoms with van der Waals surface area (Å²) < 4.78 is 4.97. The number of ether oxygens (including phenoxy) is 1. The molecule has 0 saturated carbocycles. The Labute approximate surface area is 101 Å². The van der Waals surface area contributed by atoms with E-state index >= 15 is 0 Å². The third-order valence-corrected chi connectivity index (χ3v) is 2.16. The minimum Gasteiger partial charge on any atom is -0.442 e. The van der Waals surface area contributed by atoms with Gasteiger partial charge in [0.15, 0.2) is 0 Å². The topological polar surface area (TPSA) is 49.8 Å². The molecule has 5 heteroatoms. The number of rotatable bonds is 5. The van der Waals surface area contributed by atoms with E-state index in [0.717, 1.165) is 4.91 Å². The summed E-state index contributed by atoms with van der Waals surface area (Å²) in [5.74, 6) is 0. The van der Waals surface area contributed by atoms with Crippen LogP contribution in [0.25, 0.3) is 0 Å². The number of hydroxylamine groups is 2. The molecular formula is C11H19NO3S. The average molecular weight is 245 g/mol. The van der Waals surface area contributed by atoms with Gasteiger partial charge in [-0.3, -0.25) is 5.21 Å². The van der Waals surface area contributed by atoms with E-state index in [1.807, 2.05) is 0 Å². The largest absolute Gasteiger partial charge is 0.442 e. The molecule has 0 aromatic rings. The summed E-state index contributed by atoms with van der Waals surface area (Å²) in [6, 6.07) is 0. The smallest absolute Gasteiger partial charge is 0.434 e. The summed E-state index contributed by atoms with van der Waals surface area (Å²) in [4.78, 5) is 12.2. The van der Waals surface area contributed by atoms with Gasteiger partial charge in [0.2, 0.25) is 0 Å². The Morgan fingerprint density at radius 2 is 2.12 bits per heavy atom. The van der Waals surface area contributed by atoms with Crippen LogP contribution in [0.2, 0.25) is 0 Å². The third-order valence-electron chi connectivity index (χ3n) is 1.46. The highest BCUT2D eigenvalue weighted by molar-refractivity contribution is 8.05. The predicted octanol–water partition coefficient (Wildman–Crippen LogP) is 3.39. The molecular weight excluding hydrogens is 226 g/mol. The molecule has 0 aliphatic carbocycles. The van der Waals surface area contributed by atoms with E-state index < -0.39 is 11.7 Å². The molecule has 1 N–H and O–H groups in total. The van der Waals surface area contributed by atoms with Crippen LogP contribution in [0, 0.1) is 0 Å². The van der Waals surface area contributed by atoms with E-state index in [-0.39, 0.29) is 6.54 Å². The zero-order valence-electron chi connectivity index (χ0n) is 10.0. The molecule has 0 heterocycles. The average Bonchev–Trinajstić information content (AvgIpc) is 2.11. The van der Waals surface area contributed by atoms with E-state index in [9.17, 15) is 10.0 Å². The van der Waals surface area contributed by atoms with Crippen LogP contribution >= 0.6 is 11.8 Å². The van der Waals surface area contributed by atoms with Crippen LogP contribution in [-0.4, -0.2) is 28.5 Å². The van der Waals surface area contributed by atoms with Gasteiger partial charge in [0.25, 0.3) is 0 Å². The first-order valence-electron chi connectivity index (χ1n) is 4.91. The first kappa shape index (κ1) is 15.1. The van der Waals surface area contributed by atoms with Crippen molar-refractivity contribution in [2.24, 2.45) is 0 Å². The number of thioether (sulfide) groups is 1. The van der Waals surface area contributed by atoms with Crippen LogP contribution in [0.5, 0.6) is 0 Å². The number of hydrogen-bond acceptors (Lipinski definition) is 4. The van der Waals surface area contributed by atoms with E-state index in [1.165, 1.54) is 11.8 Å². The maximum atomic E-state index is 11.3. The molecule has 0 bridgehead atoms. The fourth-order valence-corrected chi connectivity index (χ4v) is 1.26. The second kappa shape index (κ2) is 6.60. The molecule has 0 radical (unpaired) electrons. The van der Waals surface area contributed by atoms with Crippen LogP contribution in [0.1, 0.15) is 27.2 Å². The molecule has 0 aliphatic heterocycles. The van der Waals surface area contributed by atoms with E-state index in [1.54, 1.807) is 26.2 Å². The van der Waals surface area contributed by atoms with Crippen molar-refractivity contribution in [3.8, 4) is 0 Å². The van der Waals surface area contributed by atoms with Crippen molar-refractivity contribution >= 4 is 17.9 Å². The summed E-state index contributed by atoms with van der Waals surface area (Å²) in [7, 11) is 0. The Morgan fingerprint density at radius 3 is 2.56 bits per heavy atom. The molecule has 1 amide bonds. The number of hydrogen-bond donors (Lipinski definition) is 1. The summed E-state index contributed by atoms with van der Waals surface area (Å²) in [5, 5.41) is 11.6. The van der Waals surface area contributed by atoms with Crippen LogP contribution in [-0.2, 0) is 4.74 Å². The highest BCUT2D eigenvalue weighted by Gasteiger charge is 2.20. The lowest BCUT2D eigenvalue weighted by atomic mass is 10.2. The number of nitrogens with zero attached hydrogens (tertiary/aromatic N) is 1. The number of amides is 1. The Morgan fingerprint density at radius 1 is 1.56 bits per heavy atom. The minimum atomic E-state index is -0.746. The second-order valence-corrected chi connectivity index (χ2v) is 5.32. The molecule has 0 rings (SSSR count). The first-order chi connectivity index (χ1) is 7.26. The third kappa shape index (κ3) is 7.36. The summed E-state index contributed by atoms with van der Waals surface area (Å²) in [6.45, 7) is 12.7. The van der Waals surface area contributed by atoms with Gasteiger partial charge in [-0.1, -0.05) is 13.2 Å². The standard InChI is InChI=1S/C11H19NO3S/c1-6-16-9(2)7-8-12(14)10(13)15-11(3,4)5/h6,14H,1-2,7-8H2,3-5H3. The minimum absolute atomic E-state index is 0.161. The van der Waals surface area contributed by atoms with Crippen molar-refractivity contribution in [1.82, 2.24) is 5.06 Å². The van der Waals surface area contributed by atoms with E-state index in [2.05, 4.69) is 13.2 Å². The number of carbonyl (C=O) groups is 1. The van der Waals surface area contributed by atoms with Gasteiger partial charge in [-0.2, -0.15) is 5.06 Å². The van der Waals surface area contributed by atoms with Gasteiger partial charge in [-0.25, -0.2) is 4.79 Å². The molecule has 0 aliphatic rings. The van der Waals surface area contributed by atoms with Gasteiger partial charge < -0.3 is 4.74 Å². The summed E-state index contributed by atoms with van der Waals surface area (Å²) >= 11 is 1.38. The van der Waals surface area contributed by atoms with E-state index in [0.29, 0.717) is 11.5 Å². The van der Waals surface area contributed by atoms with Crippen molar-refractivity contribution in [3.63, 3.8) is 0 Å². The summed E-state index contributed by atoms with van der Waals surface area (Å²) in [6.07, 6.45) is -0.254. The molecule has 0 aromatic heterocycles. The van der Waals surface area contributed by atoms with Gasteiger partial charge in [-0.05, 0) is 37.5 Å². The lowest BCUT2D eigenvalue weighted by Crippen LogP contribution is -2.35. The fraction of sp³-hybridized carbons (Fsp3) is 0.545. The van der Waals surface area contributed by atoms with E-state index in [4.69, 9.17) is 4.74 Å². The normalized spacial score (nSPS) is 10.8. The van der Waals surface area contributed by atoms with Gasteiger partial charge in [0.1, 0.15) is 5.60 Å².